The Morgan fingerprint density at radius 3 is 3.00 bits per heavy atom. The van der Waals surface area contributed by atoms with E-state index in [-0.39, 0.29) is 0 Å². The highest BCUT2D eigenvalue weighted by Crippen LogP contribution is 2.12. The summed E-state index contributed by atoms with van der Waals surface area (Å²) in [7, 11) is 0. The minimum Gasteiger partial charge on any atom is -0.351 e. The Labute approximate surface area is 45.3 Å². The van der Waals surface area contributed by atoms with Crippen molar-refractivity contribution < 1.29 is 0 Å². The number of rotatable bonds is 0. The van der Waals surface area contributed by atoms with Gasteiger partial charge in [0.05, 0.1) is 0 Å². The first kappa shape index (κ1) is 4.28. The van der Waals surface area contributed by atoms with Crippen LogP contribution >= 0.6 is 11.3 Å². The Bertz CT molecular complexity index is 172. The van der Waals surface area contributed by atoms with Gasteiger partial charge in [-0.3, -0.25) is 0 Å². The molecular formula is C4H2N2S. The summed E-state index contributed by atoms with van der Waals surface area (Å²) in [6, 6.07) is 0. The zero-order chi connectivity index (χ0) is 5.11. The Morgan fingerprint density at radius 1 is 1.86 bits per heavy atom. The van der Waals surface area contributed by atoms with E-state index in [2.05, 4.69) is 9.83 Å². The van der Waals surface area contributed by atoms with Crippen LogP contribution in [-0.4, -0.2) is 4.98 Å². The number of hydrogen-bond acceptors (Lipinski definition) is 2. The van der Waals surface area contributed by atoms with Crippen molar-refractivity contribution in [3.05, 3.63) is 23.0 Å². The van der Waals surface area contributed by atoms with E-state index < -0.39 is 0 Å². The molecule has 3 heteroatoms. The smallest absolute Gasteiger partial charge is 0.329 e. The molecule has 0 amide bonds. The molecule has 0 unspecified atom stereocenters. The Hall–Kier alpha value is -0.880. The maximum atomic E-state index is 6.43. The second-order valence-electron chi connectivity index (χ2n) is 0.926. The SMILES string of the molecule is [C-]#[N+]c1nccs1. The fraction of sp³-hybridized carbons (Fsp3) is 0. The van der Waals surface area contributed by atoms with Crippen LogP contribution in [0.15, 0.2) is 11.6 Å². The van der Waals surface area contributed by atoms with E-state index >= 15 is 0 Å². The topological polar surface area (TPSA) is 17.2 Å². The molecule has 0 aliphatic heterocycles. The molecule has 0 spiro atoms. The van der Waals surface area contributed by atoms with Gasteiger partial charge >= 0.3 is 5.13 Å². The van der Waals surface area contributed by atoms with E-state index in [1.54, 1.807) is 11.6 Å². The van der Waals surface area contributed by atoms with E-state index in [9.17, 15) is 0 Å². The van der Waals surface area contributed by atoms with E-state index in [1.807, 2.05) is 0 Å². The van der Waals surface area contributed by atoms with Crippen LogP contribution in [0, 0.1) is 6.57 Å². The second kappa shape index (κ2) is 1.71. The first-order valence-corrected chi connectivity index (χ1v) is 2.58. The fourth-order valence-electron chi connectivity index (χ4n) is 0.271. The molecule has 0 aromatic carbocycles. The maximum Gasteiger partial charge on any atom is 0.329 e. The molecule has 1 rings (SSSR count). The molecule has 0 radical (unpaired) electrons. The summed E-state index contributed by atoms with van der Waals surface area (Å²) < 4.78 is 0. The van der Waals surface area contributed by atoms with Crippen molar-refractivity contribution in [2.75, 3.05) is 0 Å². The molecule has 0 aliphatic rings. The van der Waals surface area contributed by atoms with E-state index in [4.69, 9.17) is 6.57 Å². The van der Waals surface area contributed by atoms with E-state index in [0.29, 0.717) is 5.13 Å². The molecule has 0 saturated heterocycles. The first-order chi connectivity index (χ1) is 3.43. The van der Waals surface area contributed by atoms with Crippen molar-refractivity contribution in [1.82, 2.24) is 4.98 Å². The van der Waals surface area contributed by atoms with Crippen molar-refractivity contribution in [1.29, 1.82) is 0 Å². The number of thiazole rings is 1. The second-order valence-corrected chi connectivity index (χ2v) is 1.80. The number of hydrogen-bond donors (Lipinski definition) is 0. The molecule has 0 fully saturated rings. The lowest BCUT2D eigenvalue weighted by atomic mass is 11.0. The highest BCUT2D eigenvalue weighted by atomic mass is 32.1. The molecule has 34 valence electrons. The summed E-state index contributed by atoms with van der Waals surface area (Å²) in [4.78, 5) is 6.79. The van der Waals surface area contributed by atoms with Gasteiger partial charge < -0.3 is 4.85 Å². The zero-order valence-corrected chi connectivity index (χ0v) is 4.27. The van der Waals surface area contributed by atoms with Gasteiger partial charge in [0, 0.05) is 5.38 Å². The Morgan fingerprint density at radius 2 is 2.71 bits per heavy atom. The van der Waals surface area contributed by atoms with Crippen LogP contribution in [0.2, 0.25) is 0 Å². The third kappa shape index (κ3) is 0.756. The highest BCUT2D eigenvalue weighted by molar-refractivity contribution is 7.13. The van der Waals surface area contributed by atoms with Crippen LogP contribution in [-0.2, 0) is 0 Å². The van der Waals surface area contributed by atoms with Crippen molar-refractivity contribution in [3.63, 3.8) is 0 Å². The average molecular weight is 110 g/mol. The molecule has 1 aromatic rings. The van der Waals surface area contributed by atoms with Crippen LogP contribution in [0.4, 0.5) is 5.13 Å². The van der Waals surface area contributed by atoms with Crippen LogP contribution in [0.1, 0.15) is 0 Å². The predicted octanol–water partition coefficient (Wildman–Crippen LogP) is 1.69. The normalized spacial score (nSPS) is 7.86. The molecule has 0 bridgehead atoms. The van der Waals surface area contributed by atoms with Gasteiger partial charge in [-0.2, -0.15) is 0 Å². The molecule has 0 N–H and O–H groups in total. The van der Waals surface area contributed by atoms with Crippen molar-refractivity contribution >= 4 is 16.5 Å². The number of aromatic nitrogens is 1. The minimum absolute atomic E-state index is 0.514. The lowest BCUT2D eigenvalue weighted by Crippen LogP contribution is -1.46. The monoisotopic (exact) mass is 110 g/mol. The number of nitrogens with zero attached hydrogens (tertiary/aromatic N) is 2. The van der Waals surface area contributed by atoms with Gasteiger partial charge in [0.25, 0.3) is 0 Å². The quantitative estimate of drug-likeness (QED) is 0.464. The largest absolute Gasteiger partial charge is 0.351 e. The van der Waals surface area contributed by atoms with Gasteiger partial charge in [0.1, 0.15) is 6.20 Å². The third-order valence-corrected chi connectivity index (χ3v) is 1.18. The molecule has 0 aliphatic carbocycles. The van der Waals surface area contributed by atoms with Crippen LogP contribution < -0.4 is 0 Å². The van der Waals surface area contributed by atoms with Crippen molar-refractivity contribution in [2.24, 2.45) is 0 Å². The third-order valence-electron chi connectivity index (χ3n) is 0.515. The van der Waals surface area contributed by atoms with Crippen LogP contribution in [0.25, 0.3) is 4.85 Å². The summed E-state index contributed by atoms with van der Waals surface area (Å²) in [6.07, 6.45) is 1.62. The maximum absolute atomic E-state index is 6.43. The lowest BCUT2D eigenvalue weighted by Gasteiger charge is -1.65. The molecule has 2 nitrogen and oxygen atoms in total. The first-order valence-electron chi connectivity index (χ1n) is 1.70. The zero-order valence-electron chi connectivity index (χ0n) is 3.46. The lowest BCUT2D eigenvalue weighted by molar-refractivity contribution is 1.44. The summed E-state index contributed by atoms with van der Waals surface area (Å²) in [5, 5.41) is 2.30. The fourth-order valence-corrected chi connectivity index (χ4v) is 0.689. The van der Waals surface area contributed by atoms with E-state index in [0.717, 1.165) is 0 Å². The van der Waals surface area contributed by atoms with Gasteiger partial charge in [-0.05, 0) is 0 Å². The van der Waals surface area contributed by atoms with Gasteiger partial charge in [0.2, 0.25) is 0 Å². The van der Waals surface area contributed by atoms with Crippen molar-refractivity contribution in [2.45, 2.75) is 0 Å². The molecule has 7 heavy (non-hydrogen) atoms. The predicted molar refractivity (Wildman–Crippen MR) is 28.4 cm³/mol. The highest BCUT2D eigenvalue weighted by Gasteiger charge is 1.86. The van der Waals surface area contributed by atoms with Gasteiger partial charge in [-0.1, -0.05) is 6.57 Å². The summed E-state index contributed by atoms with van der Waals surface area (Å²) in [5.74, 6) is 0. The molecule has 1 aromatic heterocycles. The molecule has 0 saturated carbocycles. The van der Waals surface area contributed by atoms with Gasteiger partial charge in [-0.25, -0.2) is 0 Å². The Balaban J connectivity index is 3.04. The summed E-state index contributed by atoms with van der Waals surface area (Å²) >= 11 is 1.36. The molecule has 1 heterocycles. The summed E-state index contributed by atoms with van der Waals surface area (Å²) in [5.41, 5.74) is 0. The van der Waals surface area contributed by atoms with Crippen LogP contribution in [0.5, 0.6) is 0 Å². The summed E-state index contributed by atoms with van der Waals surface area (Å²) in [6.45, 7) is 6.43. The minimum atomic E-state index is 0.514. The van der Waals surface area contributed by atoms with Crippen molar-refractivity contribution in [3.8, 4) is 0 Å². The van der Waals surface area contributed by atoms with Crippen LogP contribution in [0.3, 0.4) is 0 Å². The van der Waals surface area contributed by atoms with Gasteiger partial charge in [-0.15, -0.1) is 16.3 Å². The van der Waals surface area contributed by atoms with Gasteiger partial charge in [0.15, 0.2) is 0 Å². The molecule has 0 atom stereocenters. The van der Waals surface area contributed by atoms with E-state index in [1.165, 1.54) is 11.3 Å². The molecular weight excluding hydrogens is 108 g/mol. The standard InChI is InChI=1S/C4H2N2S/c1-5-4-6-2-3-7-4/h2-3H. The Kier molecular flexibility index (Phi) is 1.05. The average Bonchev–Trinajstić information content (AvgIpc) is 2.14.